The van der Waals surface area contributed by atoms with Crippen molar-refractivity contribution in [2.45, 2.75) is 64.2 Å². The number of aliphatic hydroxyl groups excluding tert-OH is 1. The highest BCUT2D eigenvalue weighted by Gasteiger charge is 2.32. The van der Waals surface area contributed by atoms with E-state index in [0.717, 1.165) is 54.0 Å². The first-order chi connectivity index (χ1) is 18.6. The van der Waals surface area contributed by atoms with Crippen molar-refractivity contribution in [2.75, 3.05) is 18.0 Å². The lowest BCUT2D eigenvalue weighted by atomic mass is 9.93. The summed E-state index contributed by atoms with van der Waals surface area (Å²) >= 11 is 0. The predicted molar refractivity (Wildman–Crippen MR) is 143 cm³/mol. The Labute approximate surface area is 224 Å². The molecule has 39 heavy (non-hydrogen) atoms. The van der Waals surface area contributed by atoms with Gasteiger partial charge in [-0.1, -0.05) is 24.3 Å². The van der Waals surface area contributed by atoms with Gasteiger partial charge < -0.3 is 20.1 Å². The molecule has 0 saturated carbocycles. The second kappa shape index (κ2) is 11.5. The molecule has 5 rings (SSSR count). The van der Waals surface area contributed by atoms with E-state index in [1.54, 1.807) is 0 Å². The number of imidazole rings is 1. The highest BCUT2D eigenvalue weighted by Crippen LogP contribution is 2.29. The second-order valence-corrected chi connectivity index (χ2v) is 10.4. The van der Waals surface area contributed by atoms with Crippen molar-refractivity contribution in [3.05, 3.63) is 52.8 Å². The lowest BCUT2D eigenvalue weighted by Crippen LogP contribution is -2.35. The zero-order chi connectivity index (χ0) is 27.6. The van der Waals surface area contributed by atoms with Gasteiger partial charge in [0, 0.05) is 36.8 Å². The normalized spacial score (nSPS) is 18.7. The Kier molecular flexibility index (Phi) is 8.06. The average Bonchev–Trinajstić information content (AvgIpc) is 3.25. The molecule has 1 aliphatic heterocycles. The van der Waals surface area contributed by atoms with Crippen LogP contribution < -0.4 is 15.6 Å². The molecule has 10 heteroatoms. The molecule has 2 aromatic heterocycles. The Balaban J connectivity index is 1.32. The minimum atomic E-state index is -4.69. The van der Waals surface area contributed by atoms with Crippen LogP contribution in [0.1, 0.15) is 44.1 Å². The molecule has 0 spiro atoms. The van der Waals surface area contributed by atoms with Crippen molar-refractivity contribution in [3.63, 3.8) is 0 Å². The summed E-state index contributed by atoms with van der Waals surface area (Å²) in [6.45, 7) is 3.66. The lowest BCUT2D eigenvalue weighted by Gasteiger charge is -2.33. The molecular formula is C29H33F3N4O3. The number of rotatable bonds is 6. The van der Waals surface area contributed by atoms with E-state index in [1.165, 1.54) is 6.08 Å². The van der Waals surface area contributed by atoms with Gasteiger partial charge in [-0.25, -0.2) is 9.97 Å². The molecule has 0 bridgehead atoms. The molecule has 1 aliphatic carbocycles. The molecule has 1 fully saturated rings. The standard InChI is InChI=1S/C29H33F3N4O3/c1-18-14-20(21-7-9-26(33-17-21)36-12-10-19(11-13-36)15-27(37)38)6-8-23(18)28-34-24-5-3-2-4-22(16-25(24)35-28)39-29(30,31)32/h5-9,14,16-17,19,22,27,37-38H,2-4,10-13,15H2,1H3,(H,34,35). The fourth-order valence-corrected chi connectivity index (χ4v) is 5.45. The summed E-state index contributed by atoms with van der Waals surface area (Å²) in [5, 5.41) is 19.6. The van der Waals surface area contributed by atoms with E-state index < -0.39 is 18.8 Å². The fourth-order valence-electron chi connectivity index (χ4n) is 5.45. The summed E-state index contributed by atoms with van der Waals surface area (Å²) in [5.41, 5.74) is 3.84. The largest absolute Gasteiger partial charge is 0.523 e. The molecule has 1 unspecified atom stereocenters. The van der Waals surface area contributed by atoms with Crippen LogP contribution in [0.15, 0.2) is 36.5 Å². The smallest absolute Gasteiger partial charge is 0.368 e. The van der Waals surface area contributed by atoms with E-state index in [2.05, 4.69) is 30.7 Å². The highest BCUT2D eigenvalue weighted by atomic mass is 19.4. The Morgan fingerprint density at radius 2 is 1.87 bits per heavy atom. The minimum Gasteiger partial charge on any atom is -0.368 e. The van der Waals surface area contributed by atoms with Gasteiger partial charge in [0.05, 0.1) is 16.8 Å². The molecule has 1 aromatic carbocycles. The first-order valence-corrected chi connectivity index (χ1v) is 13.4. The topological polar surface area (TPSA) is 94.5 Å². The van der Waals surface area contributed by atoms with E-state index >= 15 is 0 Å². The van der Waals surface area contributed by atoms with Crippen LogP contribution in [-0.4, -0.2) is 57.0 Å². The van der Waals surface area contributed by atoms with Gasteiger partial charge in [-0.05, 0) is 74.3 Å². The first-order valence-electron chi connectivity index (χ1n) is 13.4. The van der Waals surface area contributed by atoms with Crippen LogP contribution in [0.25, 0.3) is 34.7 Å². The van der Waals surface area contributed by atoms with Crippen LogP contribution in [0.5, 0.6) is 0 Å². The van der Waals surface area contributed by atoms with Crippen LogP contribution in [-0.2, 0) is 4.74 Å². The van der Waals surface area contributed by atoms with Crippen molar-refractivity contribution in [1.82, 2.24) is 15.0 Å². The number of aromatic nitrogens is 3. The number of nitrogens with one attached hydrogen (secondary N) is 1. The molecule has 3 aromatic rings. The maximum Gasteiger partial charge on any atom is 0.523 e. The van der Waals surface area contributed by atoms with Crippen molar-refractivity contribution >= 4 is 18.0 Å². The summed E-state index contributed by atoms with van der Waals surface area (Å²) in [4.78, 5) is 14.8. The molecule has 1 saturated heterocycles. The van der Waals surface area contributed by atoms with Crippen LogP contribution in [0.4, 0.5) is 19.0 Å². The van der Waals surface area contributed by atoms with Gasteiger partial charge in [0.2, 0.25) is 0 Å². The molecular weight excluding hydrogens is 509 g/mol. The number of pyridine rings is 1. The van der Waals surface area contributed by atoms with E-state index in [9.17, 15) is 23.4 Å². The number of anilines is 1. The van der Waals surface area contributed by atoms with Gasteiger partial charge in [-0.15, -0.1) is 13.2 Å². The van der Waals surface area contributed by atoms with Crippen LogP contribution >= 0.6 is 0 Å². The second-order valence-electron chi connectivity index (χ2n) is 10.4. The SMILES string of the molecule is Cc1cc(-c2ccc(N3CCC(CC(O)O)CC3)nc2)ccc1-c1nc2c([nH]1)=CC(OC(F)(F)F)CCCC=2. The van der Waals surface area contributed by atoms with Gasteiger partial charge in [0.1, 0.15) is 11.6 Å². The number of alkyl halides is 3. The summed E-state index contributed by atoms with van der Waals surface area (Å²) in [7, 11) is 0. The summed E-state index contributed by atoms with van der Waals surface area (Å²) in [6, 6.07) is 10.1. The van der Waals surface area contributed by atoms with E-state index in [4.69, 9.17) is 0 Å². The van der Waals surface area contributed by atoms with Crippen molar-refractivity contribution in [2.24, 2.45) is 5.92 Å². The number of hydrogen-bond donors (Lipinski definition) is 3. The summed E-state index contributed by atoms with van der Waals surface area (Å²) < 4.78 is 42.8. The summed E-state index contributed by atoms with van der Waals surface area (Å²) in [6.07, 6.45) is 2.04. The molecule has 208 valence electrons. The molecule has 3 N–H and O–H groups in total. The number of fused-ring (bicyclic) bond motifs is 1. The molecule has 3 heterocycles. The third kappa shape index (κ3) is 6.87. The van der Waals surface area contributed by atoms with Gasteiger partial charge in [-0.3, -0.25) is 4.74 Å². The third-order valence-corrected chi connectivity index (χ3v) is 7.47. The number of H-pyrrole nitrogens is 1. The zero-order valence-corrected chi connectivity index (χ0v) is 21.8. The van der Waals surface area contributed by atoms with Crippen LogP contribution in [0.2, 0.25) is 0 Å². The highest BCUT2D eigenvalue weighted by molar-refractivity contribution is 5.71. The number of halogens is 3. The van der Waals surface area contributed by atoms with Crippen LogP contribution in [0.3, 0.4) is 0 Å². The number of piperidine rings is 1. The monoisotopic (exact) mass is 542 g/mol. The molecule has 1 atom stereocenters. The minimum absolute atomic E-state index is 0.288. The van der Waals surface area contributed by atoms with Gasteiger partial charge >= 0.3 is 6.36 Å². The summed E-state index contributed by atoms with van der Waals surface area (Å²) in [5.74, 6) is 1.83. The van der Waals surface area contributed by atoms with Gasteiger partial charge in [-0.2, -0.15) is 0 Å². The Morgan fingerprint density at radius 1 is 1.10 bits per heavy atom. The molecule has 2 aliphatic rings. The van der Waals surface area contributed by atoms with Crippen molar-refractivity contribution in [1.29, 1.82) is 0 Å². The van der Waals surface area contributed by atoms with E-state index in [0.29, 0.717) is 41.7 Å². The Morgan fingerprint density at radius 3 is 2.54 bits per heavy atom. The van der Waals surface area contributed by atoms with E-state index in [1.807, 2.05) is 43.5 Å². The molecule has 7 nitrogen and oxygen atoms in total. The number of ether oxygens (including phenoxy) is 1. The quantitative estimate of drug-likeness (QED) is 0.408. The lowest BCUT2D eigenvalue weighted by molar-refractivity contribution is -0.334. The number of nitrogens with zero attached hydrogens (tertiary/aromatic N) is 3. The van der Waals surface area contributed by atoms with Crippen molar-refractivity contribution in [3.8, 4) is 22.5 Å². The Hall–Kier alpha value is -3.21. The van der Waals surface area contributed by atoms with Gasteiger partial charge in [0.25, 0.3) is 0 Å². The first kappa shape index (κ1) is 27.4. The fraction of sp³-hybridized carbons (Fsp3) is 0.448. The van der Waals surface area contributed by atoms with Gasteiger partial charge in [0.15, 0.2) is 6.29 Å². The molecule has 0 amide bonds. The average molecular weight is 543 g/mol. The van der Waals surface area contributed by atoms with Crippen molar-refractivity contribution < 1.29 is 28.1 Å². The third-order valence-electron chi connectivity index (χ3n) is 7.47. The maximum atomic E-state index is 12.8. The Bertz CT molecular complexity index is 1390. The number of aromatic amines is 1. The van der Waals surface area contributed by atoms with Crippen LogP contribution in [0, 0.1) is 12.8 Å². The number of aryl methyl sites for hydroxylation is 1. The predicted octanol–water partition coefficient (Wildman–Crippen LogP) is 4.01. The zero-order valence-electron chi connectivity index (χ0n) is 21.8. The maximum absolute atomic E-state index is 12.8. The van der Waals surface area contributed by atoms with E-state index in [-0.39, 0.29) is 6.42 Å². The number of aliphatic hydroxyl groups is 2. The number of benzene rings is 1. The molecule has 0 radical (unpaired) electrons. The number of hydrogen-bond acceptors (Lipinski definition) is 6.